The summed E-state index contributed by atoms with van der Waals surface area (Å²) >= 11 is 0. The van der Waals surface area contributed by atoms with E-state index in [2.05, 4.69) is 76.8 Å². The summed E-state index contributed by atoms with van der Waals surface area (Å²) in [5.74, 6) is 2.69. The largest absolute Gasteiger partial charge is 0.457 e. The molecule has 1 aliphatic rings. The molecule has 0 fully saturated rings. The van der Waals surface area contributed by atoms with Crippen molar-refractivity contribution < 1.29 is 4.74 Å². The van der Waals surface area contributed by atoms with Crippen LogP contribution in [0.3, 0.4) is 0 Å². The van der Waals surface area contributed by atoms with Crippen LogP contribution < -0.4 is 4.74 Å². The predicted molar refractivity (Wildman–Crippen MR) is 149 cm³/mol. The van der Waals surface area contributed by atoms with Crippen molar-refractivity contribution in [3.05, 3.63) is 126 Å². The molecule has 0 saturated carbocycles. The Morgan fingerprint density at radius 3 is 2.24 bits per heavy atom. The Kier molecular flexibility index (Phi) is 4.52. The molecule has 3 heterocycles. The van der Waals surface area contributed by atoms with Gasteiger partial charge in [0, 0.05) is 28.1 Å². The number of fused-ring (bicyclic) bond motifs is 5. The minimum atomic E-state index is -0.177. The molecule has 0 atom stereocenters. The van der Waals surface area contributed by atoms with Gasteiger partial charge in [-0.2, -0.15) is 0 Å². The maximum absolute atomic E-state index is 7.55. The molecule has 4 heteroatoms. The van der Waals surface area contributed by atoms with Crippen LogP contribution in [0.1, 0.15) is 25.0 Å². The fraction of sp³-hybridized carbons (Fsp3) is 0.0909. The number of para-hydroxylation sites is 1. The molecule has 0 amide bonds. The van der Waals surface area contributed by atoms with Crippen molar-refractivity contribution in [1.29, 1.82) is 0 Å². The lowest BCUT2D eigenvalue weighted by atomic mass is 9.75. The van der Waals surface area contributed by atoms with Gasteiger partial charge in [-0.05, 0) is 71.1 Å². The SMILES string of the molecule is [C-]#[N+]c1ccc2c(c1)c1cc(-c3ccc4c(c3)C(C)(C)c3ccccc3O4)ccc1n2-c1ccccn1. The van der Waals surface area contributed by atoms with Gasteiger partial charge in [0.25, 0.3) is 0 Å². The van der Waals surface area contributed by atoms with Crippen LogP contribution in [0.25, 0.3) is 43.6 Å². The first-order valence-corrected chi connectivity index (χ1v) is 12.3. The number of pyridine rings is 1. The summed E-state index contributed by atoms with van der Waals surface area (Å²) in [5.41, 5.74) is 7.18. The van der Waals surface area contributed by atoms with E-state index in [9.17, 15) is 0 Å². The minimum absolute atomic E-state index is 0.177. The van der Waals surface area contributed by atoms with Crippen molar-refractivity contribution >= 4 is 27.5 Å². The maximum Gasteiger partial charge on any atom is 0.188 e. The molecule has 37 heavy (non-hydrogen) atoms. The van der Waals surface area contributed by atoms with Crippen LogP contribution in [0.2, 0.25) is 0 Å². The summed E-state index contributed by atoms with van der Waals surface area (Å²) in [6, 6.07) is 33.1. The van der Waals surface area contributed by atoms with Crippen molar-refractivity contribution in [2.24, 2.45) is 0 Å². The highest BCUT2D eigenvalue weighted by Gasteiger charge is 2.34. The van der Waals surface area contributed by atoms with Crippen LogP contribution in [0.5, 0.6) is 11.5 Å². The van der Waals surface area contributed by atoms with Gasteiger partial charge in [-0.1, -0.05) is 56.3 Å². The number of rotatable bonds is 2. The van der Waals surface area contributed by atoms with Gasteiger partial charge in [0.1, 0.15) is 17.3 Å². The number of hydrogen-bond donors (Lipinski definition) is 0. The molecule has 176 valence electrons. The van der Waals surface area contributed by atoms with Crippen LogP contribution in [-0.2, 0) is 5.41 Å². The van der Waals surface area contributed by atoms with E-state index in [0.717, 1.165) is 50.2 Å². The first-order chi connectivity index (χ1) is 18.0. The minimum Gasteiger partial charge on any atom is -0.457 e. The molecule has 0 saturated heterocycles. The lowest BCUT2D eigenvalue weighted by Gasteiger charge is -2.34. The Hall–Kier alpha value is -4.88. The fourth-order valence-electron chi connectivity index (χ4n) is 5.62. The predicted octanol–water partition coefficient (Wildman–Crippen LogP) is 8.83. The second kappa shape index (κ2) is 7.81. The van der Waals surface area contributed by atoms with Crippen LogP contribution in [-0.4, -0.2) is 9.55 Å². The Bertz CT molecular complexity index is 1890. The average molecular weight is 478 g/mol. The third-order valence-corrected chi connectivity index (χ3v) is 7.52. The Balaban J connectivity index is 1.43. The summed E-state index contributed by atoms with van der Waals surface area (Å²) in [6.07, 6.45) is 1.81. The van der Waals surface area contributed by atoms with Crippen LogP contribution in [0.15, 0.2) is 103 Å². The molecule has 7 rings (SSSR count). The summed E-state index contributed by atoms with van der Waals surface area (Å²) in [4.78, 5) is 8.30. The van der Waals surface area contributed by atoms with Gasteiger partial charge in [-0.25, -0.2) is 9.83 Å². The quantitative estimate of drug-likeness (QED) is 0.233. The normalized spacial score (nSPS) is 13.5. The van der Waals surface area contributed by atoms with Gasteiger partial charge < -0.3 is 4.74 Å². The number of ether oxygens (including phenoxy) is 1. The van der Waals surface area contributed by atoms with Gasteiger partial charge in [-0.3, -0.25) is 4.57 Å². The summed E-state index contributed by atoms with van der Waals surface area (Å²) in [5, 5.41) is 2.15. The van der Waals surface area contributed by atoms with Crippen LogP contribution in [0.4, 0.5) is 5.69 Å². The van der Waals surface area contributed by atoms with Crippen molar-refractivity contribution in [2.45, 2.75) is 19.3 Å². The molecule has 0 bridgehead atoms. The van der Waals surface area contributed by atoms with Crippen LogP contribution in [0, 0.1) is 6.57 Å². The third kappa shape index (κ3) is 3.18. The van der Waals surface area contributed by atoms with E-state index in [4.69, 9.17) is 11.3 Å². The number of benzene rings is 4. The highest BCUT2D eigenvalue weighted by molar-refractivity contribution is 6.11. The molecule has 4 nitrogen and oxygen atoms in total. The van der Waals surface area contributed by atoms with Crippen molar-refractivity contribution in [2.75, 3.05) is 0 Å². The smallest absolute Gasteiger partial charge is 0.188 e. The zero-order valence-corrected chi connectivity index (χ0v) is 20.6. The monoisotopic (exact) mass is 477 g/mol. The number of hydrogen-bond acceptors (Lipinski definition) is 2. The molecule has 4 aromatic carbocycles. The molecule has 0 N–H and O–H groups in total. The van der Waals surface area contributed by atoms with E-state index in [1.54, 1.807) is 0 Å². The summed E-state index contributed by atoms with van der Waals surface area (Å²) < 4.78 is 8.44. The highest BCUT2D eigenvalue weighted by Crippen LogP contribution is 2.49. The molecule has 0 unspecified atom stereocenters. The van der Waals surface area contributed by atoms with E-state index in [0.29, 0.717) is 5.69 Å². The highest BCUT2D eigenvalue weighted by atomic mass is 16.5. The lowest BCUT2D eigenvalue weighted by Crippen LogP contribution is -2.24. The molecule has 0 spiro atoms. The standard InChI is InChI=1S/C33H23N3O/c1-33(2)26-8-4-5-9-30(26)37-31-16-12-22(19-27(31)33)21-11-14-28-24(18-21)25-20-23(34-3)13-15-29(25)36(28)32-10-6-7-17-35-32/h4-20H,1-2H3. The van der Waals surface area contributed by atoms with E-state index >= 15 is 0 Å². The first kappa shape index (κ1) is 21.4. The van der Waals surface area contributed by atoms with E-state index in [-0.39, 0.29) is 5.41 Å². The van der Waals surface area contributed by atoms with Gasteiger partial charge in [-0.15, -0.1) is 0 Å². The van der Waals surface area contributed by atoms with E-state index < -0.39 is 0 Å². The third-order valence-electron chi connectivity index (χ3n) is 7.52. The van der Waals surface area contributed by atoms with Crippen molar-refractivity contribution in [3.8, 4) is 28.4 Å². The summed E-state index contributed by atoms with van der Waals surface area (Å²) in [7, 11) is 0. The maximum atomic E-state index is 7.55. The van der Waals surface area contributed by atoms with Crippen molar-refractivity contribution in [1.82, 2.24) is 9.55 Å². The Labute approximate surface area is 215 Å². The fourth-order valence-corrected chi connectivity index (χ4v) is 5.62. The molecule has 1 aliphatic heterocycles. The van der Waals surface area contributed by atoms with Gasteiger partial charge in [0.2, 0.25) is 0 Å². The molecule has 2 aromatic heterocycles. The zero-order valence-electron chi connectivity index (χ0n) is 20.6. The van der Waals surface area contributed by atoms with E-state index in [1.165, 1.54) is 11.1 Å². The van der Waals surface area contributed by atoms with Crippen molar-refractivity contribution in [3.63, 3.8) is 0 Å². The average Bonchev–Trinajstić information content (AvgIpc) is 3.26. The molecule has 0 radical (unpaired) electrons. The molecule has 0 aliphatic carbocycles. The molecular formula is C33H23N3O. The topological polar surface area (TPSA) is 31.4 Å². The van der Waals surface area contributed by atoms with Crippen LogP contribution >= 0.6 is 0 Å². The van der Waals surface area contributed by atoms with E-state index in [1.807, 2.05) is 54.7 Å². The number of nitrogens with zero attached hydrogens (tertiary/aromatic N) is 3. The number of aromatic nitrogens is 2. The molecule has 6 aromatic rings. The summed E-state index contributed by atoms with van der Waals surface area (Å²) in [6.45, 7) is 12.1. The zero-order chi connectivity index (χ0) is 25.1. The first-order valence-electron chi connectivity index (χ1n) is 12.3. The second-order valence-electron chi connectivity index (χ2n) is 10.0. The van der Waals surface area contributed by atoms with Gasteiger partial charge in [0.15, 0.2) is 5.69 Å². The van der Waals surface area contributed by atoms with Gasteiger partial charge >= 0.3 is 0 Å². The Morgan fingerprint density at radius 1 is 0.730 bits per heavy atom. The Morgan fingerprint density at radius 2 is 1.43 bits per heavy atom. The molecular weight excluding hydrogens is 454 g/mol. The van der Waals surface area contributed by atoms with Gasteiger partial charge in [0.05, 0.1) is 17.6 Å². The lowest BCUT2D eigenvalue weighted by molar-refractivity contribution is 0.418. The second-order valence-corrected chi connectivity index (χ2v) is 10.0.